The first kappa shape index (κ1) is 22.9. The van der Waals surface area contributed by atoms with Crippen LogP contribution < -0.4 is 11.1 Å². The number of rotatable bonds is 7. The molecule has 3 heterocycles. The number of aliphatic imine (C=N–C) groups is 1. The largest absolute Gasteiger partial charge is 0.383 e. The van der Waals surface area contributed by atoms with Crippen molar-refractivity contribution in [2.45, 2.75) is 25.8 Å². The van der Waals surface area contributed by atoms with Gasteiger partial charge in [-0.3, -0.25) is 9.79 Å². The Hall–Kier alpha value is -3.24. The van der Waals surface area contributed by atoms with Crippen LogP contribution in [0.2, 0.25) is 0 Å². The van der Waals surface area contributed by atoms with Gasteiger partial charge in [0.2, 0.25) is 0 Å². The summed E-state index contributed by atoms with van der Waals surface area (Å²) in [6, 6.07) is 7.64. The van der Waals surface area contributed by atoms with Crippen molar-refractivity contribution in [2.75, 3.05) is 31.7 Å². The number of thioether (sulfide) groups is 1. The number of carbonyl (C=O) groups excluding carboxylic acids is 1. The van der Waals surface area contributed by atoms with Crippen molar-refractivity contribution < 1.29 is 4.79 Å². The summed E-state index contributed by atoms with van der Waals surface area (Å²) in [6.45, 7) is 7.38. The molecule has 1 fully saturated rings. The molecule has 3 N–H and O–H groups in total. The van der Waals surface area contributed by atoms with Crippen molar-refractivity contribution in [3.63, 3.8) is 0 Å². The minimum Gasteiger partial charge on any atom is -0.383 e. The van der Waals surface area contributed by atoms with E-state index in [2.05, 4.69) is 38.9 Å². The lowest BCUT2D eigenvalue weighted by Crippen LogP contribution is -2.31. The first-order valence-corrected chi connectivity index (χ1v) is 11.8. The van der Waals surface area contributed by atoms with Gasteiger partial charge in [0, 0.05) is 22.2 Å². The normalized spacial score (nSPS) is 15.6. The molecule has 1 saturated heterocycles. The summed E-state index contributed by atoms with van der Waals surface area (Å²) < 4.78 is 2.00. The van der Waals surface area contributed by atoms with E-state index in [1.807, 2.05) is 23.7 Å². The van der Waals surface area contributed by atoms with Crippen LogP contribution in [0.25, 0.3) is 22.3 Å². The van der Waals surface area contributed by atoms with E-state index in [1.54, 1.807) is 18.3 Å². The van der Waals surface area contributed by atoms with Crippen molar-refractivity contribution in [2.24, 2.45) is 4.99 Å². The zero-order chi connectivity index (χ0) is 23.4. The summed E-state index contributed by atoms with van der Waals surface area (Å²) in [4.78, 5) is 28.2. The monoisotopic (exact) mass is 464 g/mol. The van der Waals surface area contributed by atoms with E-state index in [0.717, 1.165) is 53.1 Å². The molecule has 1 aromatic carbocycles. The van der Waals surface area contributed by atoms with Gasteiger partial charge >= 0.3 is 0 Å². The van der Waals surface area contributed by atoms with Crippen molar-refractivity contribution in [3.8, 4) is 11.3 Å². The second-order valence-electron chi connectivity index (χ2n) is 8.08. The van der Waals surface area contributed by atoms with E-state index < -0.39 is 0 Å². The zero-order valence-electron chi connectivity index (χ0n) is 18.9. The fraction of sp³-hybridized carbons (Fsp3) is 0.348. The molecule has 3 aromatic rings. The number of nitrogen functional groups attached to an aromatic ring is 1. The molecule has 0 spiro atoms. The lowest BCUT2D eigenvalue weighted by atomic mass is 10.1. The number of hydrogen-bond acceptors (Lipinski definition) is 8. The molecule has 0 unspecified atom stereocenters. The van der Waals surface area contributed by atoms with Crippen molar-refractivity contribution in [1.29, 1.82) is 0 Å². The molecule has 2 aromatic heterocycles. The highest BCUT2D eigenvalue weighted by Gasteiger charge is 2.25. The number of carbonyl (C=O) groups is 1. The Labute approximate surface area is 197 Å². The van der Waals surface area contributed by atoms with E-state index in [-0.39, 0.29) is 11.9 Å². The Morgan fingerprint density at radius 3 is 2.73 bits per heavy atom. The minimum atomic E-state index is -0.141. The fourth-order valence-electron chi connectivity index (χ4n) is 3.95. The molecular weight excluding hydrogens is 436 g/mol. The molecule has 0 bridgehead atoms. The third-order valence-electron chi connectivity index (χ3n) is 5.78. The molecule has 9 nitrogen and oxygen atoms in total. The summed E-state index contributed by atoms with van der Waals surface area (Å²) in [5.41, 5.74) is 9.18. The average molecular weight is 465 g/mol. The van der Waals surface area contributed by atoms with Crippen LogP contribution in [-0.2, 0) is 0 Å². The summed E-state index contributed by atoms with van der Waals surface area (Å²) in [7, 11) is 2.13. The van der Waals surface area contributed by atoms with Crippen LogP contribution in [0.4, 0.5) is 5.82 Å². The first-order valence-electron chi connectivity index (χ1n) is 10.8. The van der Waals surface area contributed by atoms with Gasteiger partial charge < -0.3 is 16.0 Å². The number of nitrogens with two attached hydrogens (primary N) is 1. The molecule has 0 aliphatic carbocycles. The van der Waals surface area contributed by atoms with E-state index in [9.17, 15) is 4.79 Å². The van der Waals surface area contributed by atoms with E-state index >= 15 is 0 Å². The summed E-state index contributed by atoms with van der Waals surface area (Å²) >= 11 is 1.50. The van der Waals surface area contributed by atoms with Crippen LogP contribution >= 0.6 is 11.8 Å². The Morgan fingerprint density at radius 1 is 1.30 bits per heavy atom. The van der Waals surface area contributed by atoms with Gasteiger partial charge in [-0.25, -0.2) is 14.6 Å². The highest BCUT2D eigenvalue weighted by Crippen LogP contribution is 2.34. The Bertz CT molecular complexity index is 1180. The Kier molecular flexibility index (Phi) is 7.05. The number of piperidine rings is 1. The molecule has 33 heavy (non-hydrogen) atoms. The van der Waals surface area contributed by atoms with E-state index in [0.29, 0.717) is 17.3 Å². The summed E-state index contributed by atoms with van der Waals surface area (Å²) in [5.74, 6) is 0.723. The van der Waals surface area contributed by atoms with Gasteiger partial charge in [0.25, 0.3) is 5.91 Å². The molecule has 172 valence electrons. The molecule has 0 radical (unpaired) electrons. The topological polar surface area (TPSA) is 114 Å². The number of fused-ring (bicyclic) bond motifs is 1. The van der Waals surface area contributed by atoms with Gasteiger partial charge in [-0.2, -0.15) is 5.10 Å². The molecular formula is C23H28N8OS. The lowest BCUT2D eigenvalue weighted by Gasteiger charge is -2.29. The quantitative estimate of drug-likeness (QED) is 0.407. The molecule has 0 atom stereocenters. The molecule has 4 rings (SSSR count). The standard InChI is InChI=1S/C23H28N8OS/c1-15(12-25-2)33-14-28-23(32)17-6-4-16(5-7-17)20-19-21(24)26-13-27-22(19)31(29-20)18-8-10-30(3)11-9-18/h4-7,12-13,18H,2,8-11,14H2,1,3H3,(H,28,32)(H2,24,26,27)/b15-12-. The minimum absolute atomic E-state index is 0.141. The van der Waals surface area contributed by atoms with Crippen LogP contribution in [0.5, 0.6) is 0 Å². The van der Waals surface area contributed by atoms with Gasteiger partial charge in [-0.05, 0) is 58.8 Å². The summed E-state index contributed by atoms with van der Waals surface area (Å²) in [6.07, 6.45) is 5.16. The number of likely N-dealkylation sites (tertiary alicyclic amines) is 1. The fourth-order valence-corrected chi connectivity index (χ4v) is 4.53. The smallest absolute Gasteiger partial charge is 0.251 e. The average Bonchev–Trinajstić information content (AvgIpc) is 3.21. The molecule has 0 saturated carbocycles. The summed E-state index contributed by atoms with van der Waals surface area (Å²) in [5, 5.41) is 8.57. The third kappa shape index (κ3) is 5.07. The van der Waals surface area contributed by atoms with Crippen LogP contribution in [0.15, 0.2) is 46.7 Å². The lowest BCUT2D eigenvalue weighted by molar-refractivity contribution is 0.0961. The van der Waals surface area contributed by atoms with E-state index in [4.69, 9.17) is 10.8 Å². The maximum atomic E-state index is 12.5. The maximum absolute atomic E-state index is 12.5. The van der Waals surface area contributed by atoms with Crippen LogP contribution in [-0.4, -0.2) is 63.3 Å². The SMILES string of the molecule is C=N/C=C(/C)SCNC(=O)c1ccc(-c2nn(C3CCN(C)CC3)c3ncnc(N)c23)cc1. The number of anilines is 1. The first-order chi connectivity index (χ1) is 16.0. The zero-order valence-corrected chi connectivity index (χ0v) is 19.7. The van der Waals surface area contributed by atoms with Crippen LogP contribution in [0.1, 0.15) is 36.2 Å². The third-order valence-corrected chi connectivity index (χ3v) is 6.63. The van der Waals surface area contributed by atoms with Gasteiger partial charge in [0.05, 0.1) is 17.3 Å². The second kappa shape index (κ2) is 10.1. The molecule has 1 aliphatic rings. The Balaban J connectivity index is 1.57. The number of aromatic nitrogens is 4. The number of allylic oxidation sites excluding steroid dienone is 1. The van der Waals surface area contributed by atoms with E-state index in [1.165, 1.54) is 18.1 Å². The Morgan fingerprint density at radius 2 is 2.03 bits per heavy atom. The number of nitrogens with zero attached hydrogens (tertiary/aromatic N) is 6. The van der Waals surface area contributed by atoms with Crippen molar-refractivity contribution in [1.82, 2.24) is 30.0 Å². The number of nitrogens with one attached hydrogen (secondary N) is 1. The van der Waals surface area contributed by atoms with Crippen molar-refractivity contribution >= 4 is 41.2 Å². The van der Waals surface area contributed by atoms with Gasteiger partial charge in [-0.1, -0.05) is 12.1 Å². The number of amides is 1. The maximum Gasteiger partial charge on any atom is 0.251 e. The van der Waals surface area contributed by atoms with Gasteiger partial charge in [0.15, 0.2) is 5.65 Å². The highest BCUT2D eigenvalue weighted by molar-refractivity contribution is 8.03. The predicted octanol–water partition coefficient (Wildman–Crippen LogP) is 3.32. The second-order valence-corrected chi connectivity index (χ2v) is 9.30. The highest BCUT2D eigenvalue weighted by atomic mass is 32.2. The van der Waals surface area contributed by atoms with Crippen LogP contribution in [0, 0.1) is 0 Å². The molecule has 1 amide bonds. The van der Waals surface area contributed by atoms with Gasteiger partial charge in [0.1, 0.15) is 17.8 Å². The predicted molar refractivity (Wildman–Crippen MR) is 134 cm³/mol. The molecule has 1 aliphatic heterocycles. The van der Waals surface area contributed by atoms with Crippen LogP contribution in [0.3, 0.4) is 0 Å². The molecule has 10 heteroatoms. The van der Waals surface area contributed by atoms with Gasteiger partial charge in [-0.15, -0.1) is 11.8 Å². The number of benzene rings is 1. The number of hydrogen-bond donors (Lipinski definition) is 2. The van der Waals surface area contributed by atoms with Crippen molar-refractivity contribution in [3.05, 3.63) is 47.3 Å².